The largest absolute Gasteiger partial charge is 0.416 e. The molecule has 4 nitrogen and oxygen atoms in total. The van der Waals surface area contributed by atoms with Crippen molar-refractivity contribution in [2.24, 2.45) is 5.73 Å². The Labute approximate surface area is 148 Å². The van der Waals surface area contributed by atoms with Crippen molar-refractivity contribution in [3.63, 3.8) is 0 Å². The van der Waals surface area contributed by atoms with E-state index in [1.165, 1.54) is 22.3 Å². The van der Waals surface area contributed by atoms with Crippen LogP contribution in [-0.4, -0.2) is 28.9 Å². The first-order valence-corrected chi connectivity index (χ1v) is 8.78. The molecule has 1 amide bonds. The van der Waals surface area contributed by atoms with Crippen molar-refractivity contribution in [1.82, 2.24) is 9.88 Å². The van der Waals surface area contributed by atoms with Crippen LogP contribution in [0.15, 0.2) is 29.6 Å². The van der Waals surface area contributed by atoms with Crippen LogP contribution in [0.2, 0.25) is 0 Å². The number of benzene rings is 1. The molecular weight excluding hydrogens is 351 g/mol. The molecule has 0 aliphatic rings. The van der Waals surface area contributed by atoms with Gasteiger partial charge in [-0.3, -0.25) is 4.79 Å². The Morgan fingerprint density at radius 3 is 2.72 bits per heavy atom. The van der Waals surface area contributed by atoms with E-state index in [2.05, 4.69) is 4.98 Å². The maximum Gasteiger partial charge on any atom is 0.416 e. The van der Waals surface area contributed by atoms with Crippen LogP contribution in [0.3, 0.4) is 0 Å². The number of halogens is 3. The standard InChI is InChI=1S/C17H20F3N3OS/c1-3-23(16(24)14-10-25-15(22-14)7-8-21)11(2)12-5-4-6-13(9-12)17(18,19)20/h4-6,9-11H,3,7-8,21H2,1-2H3. The van der Waals surface area contributed by atoms with Crippen LogP contribution in [-0.2, 0) is 12.6 Å². The molecule has 0 radical (unpaired) electrons. The number of thiazole rings is 1. The number of nitrogens with two attached hydrogens (primary N) is 1. The van der Waals surface area contributed by atoms with E-state index < -0.39 is 17.8 Å². The lowest BCUT2D eigenvalue weighted by atomic mass is 10.0. The molecule has 0 saturated carbocycles. The third-order valence-corrected chi connectivity index (χ3v) is 4.80. The highest BCUT2D eigenvalue weighted by Gasteiger charge is 2.31. The van der Waals surface area contributed by atoms with Crippen LogP contribution in [0.5, 0.6) is 0 Å². The zero-order valence-electron chi connectivity index (χ0n) is 14.0. The van der Waals surface area contributed by atoms with Gasteiger partial charge in [0.25, 0.3) is 5.91 Å². The number of hydrogen-bond donors (Lipinski definition) is 1. The summed E-state index contributed by atoms with van der Waals surface area (Å²) in [4.78, 5) is 18.5. The van der Waals surface area contributed by atoms with Gasteiger partial charge < -0.3 is 10.6 Å². The third kappa shape index (κ3) is 4.58. The molecule has 2 aromatic rings. The van der Waals surface area contributed by atoms with E-state index in [0.29, 0.717) is 30.8 Å². The zero-order valence-corrected chi connectivity index (χ0v) is 14.8. The number of carbonyl (C=O) groups is 1. The van der Waals surface area contributed by atoms with Crippen molar-refractivity contribution in [2.75, 3.05) is 13.1 Å². The molecule has 1 aromatic carbocycles. The topological polar surface area (TPSA) is 59.2 Å². The summed E-state index contributed by atoms with van der Waals surface area (Å²) >= 11 is 1.36. The second-order valence-corrected chi connectivity index (χ2v) is 6.50. The van der Waals surface area contributed by atoms with Crippen molar-refractivity contribution in [1.29, 1.82) is 0 Å². The van der Waals surface area contributed by atoms with Gasteiger partial charge in [-0.2, -0.15) is 13.2 Å². The maximum atomic E-state index is 12.9. The summed E-state index contributed by atoms with van der Waals surface area (Å²) in [6.45, 7) is 4.30. The van der Waals surface area contributed by atoms with Gasteiger partial charge in [0, 0.05) is 18.3 Å². The fourth-order valence-corrected chi connectivity index (χ4v) is 3.33. The fourth-order valence-electron chi connectivity index (χ4n) is 2.54. The van der Waals surface area contributed by atoms with E-state index in [-0.39, 0.29) is 5.91 Å². The van der Waals surface area contributed by atoms with E-state index in [4.69, 9.17) is 5.73 Å². The van der Waals surface area contributed by atoms with Crippen LogP contribution < -0.4 is 5.73 Å². The molecule has 0 aliphatic carbocycles. The first-order valence-electron chi connectivity index (χ1n) is 7.90. The first kappa shape index (κ1) is 19.4. The highest BCUT2D eigenvalue weighted by Crippen LogP contribution is 2.32. The summed E-state index contributed by atoms with van der Waals surface area (Å²) in [6.07, 6.45) is -3.82. The zero-order chi connectivity index (χ0) is 18.6. The Balaban J connectivity index is 2.25. The van der Waals surface area contributed by atoms with Crippen LogP contribution in [0.4, 0.5) is 13.2 Å². The summed E-state index contributed by atoms with van der Waals surface area (Å²) in [5.74, 6) is -0.299. The number of nitrogens with zero attached hydrogens (tertiary/aromatic N) is 2. The van der Waals surface area contributed by atoms with Gasteiger partial charge in [-0.25, -0.2) is 4.98 Å². The van der Waals surface area contributed by atoms with E-state index >= 15 is 0 Å². The van der Waals surface area contributed by atoms with E-state index in [1.54, 1.807) is 25.3 Å². The number of hydrogen-bond acceptors (Lipinski definition) is 4. The highest BCUT2D eigenvalue weighted by atomic mass is 32.1. The van der Waals surface area contributed by atoms with Crippen molar-refractivity contribution < 1.29 is 18.0 Å². The summed E-state index contributed by atoms with van der Waals surface area (Å²) in [5.41, 5.74) is 5.49. The lowest BCUT2D eigenvalue weighted by Gasteiger charge is -2.28. The first-order chi connectivity index (χ1) is 11.8. The van der Waals surface area contributed by atoms with Gasteiger partial charge in [0.05, 0.1) is 16.6 Å². The van der Waals surface area contributed by atoms with E-state index in [0.717, 1.165) is 17.1 Å². The lowest BCUT2D eigenvalue weighted by molar-refractivity contribution is -0.137. The molecule has 136 valence electrons. The molecule has 1 aromatic heterocycles. The lowest BCUT2D eigenvalue weighted by Crippen LogP contribution is -2.33. The highest BCUT2D eigenvalue weighted by molar-refractivity contribution is 7.09. The van der Waals surface area contributed by atoms with Crippen LogP contribution in [0.1, 0.15) is 46.5 Å². The molecule has 0 aliphatic heterocycles. The average molecular weight is 371 g/mol. The fraction of sp³-hybridized carbons (Fsp3) is 0.412. The summed E-state index contributed by atoms with van der Waals surface area (Å²) < 4.78 is 38.7. The Morgan fingerprint density at radius 1 is 1.40 bits per heavy atom. The molecule has 8 heteroatoms. The van der Waals surface area contributed by atoms with Crippen LogP contribution in [0.25, 0.3) is 0 Å². The van der Waals surface area contributed by atoms with Gasteiger partial charge >= 0.3 is 6.18 Å². The van der Waals surface area contributed by atoms with E-state index in [1.807, 2.05) is 0 Å². The average Bonchev–Trinajstić information content (AvgIpc) is 3.03. The van der Waals surface area contributed by atoms with Crippen molar-refractivity contribution in [3.05, 3.63) is 51.5 Å². The third-order valence-electron chi connectivity index (χ3n) is 3.89. The van der Waals surface area contributed by atoms with Crippen LogP contribution >= 0.6 is 11.3 Å². The smallest absolute Gasteiger partial charge is 0.331 e. The second kappa shape index (κ2) is 7.97. The monoisotopic (exact) mass is 371 g/mol. The summed E-state index contributed by atoms with van der Waals surface area (Å²) in [5, 5.41) is 2.43. The van der Waals surface area contributed by atoms with Gasteiger partial charge in [-0.15, -0.1) is 11.3 Å². The Kier molecular flexibility index (Phi) is 6.18. The predicted molar refractivity (Wildman–Crippen MR) is 91.4 cm³/mol. The molecule has 1 heterocycles. The van der Waals surface area contributed by atoms with Gasteiger partial charge in [-0.05, 0) is 38.1 Å². The van der Waals surface area contributed by atoms with E-state index in [9.17, 15) is 18.0 Å². The van der Waals surface area contributed by atoms with Gasteiger partial charge in [-0.1, -0.05) is 12.1 Å². The van der Waals surface area contributed by atoms with Crippen molar-refractivity contribution in [3.8, 4) is 0 Å². The van der Waals surface area contributed by atoms with Crippen LogP contribution in [0, 0.1) is 0 Å². The minimum absolute atomic E-state index is 0.299. The number of aromatic nitrogens is 1. The van der Waals surface area contributed by atoms with Gasteiger partial charge in [0.2, 0.25) is 0 Å². The molecule has 2 N–H and O–H groups in total. The molecule has 0 saturated heterocycles. The quantitative estimate of drug-likeness (QED) is 0.838. The number of carbonyl (C=O) groups excluding carboxylic acids is 1. The SMILES string of the molecule is CCN(C(=O)c1csc(CCN)n1)C(C)c1cccc(C(F)(F)F)c1. The minimum Gasteiger partial charge on any atom is -0.331 e. The Morgan fingerprint density at radius 2 is 2.12 bits per heavy atom. The molecule has 1 atom stereocenters. The van der Waals surface area contributed by atoms with Gasteiger partial charge in [0.1, 0.15) is 5.69 Å². The maximum absolute atomic E-state index is 12.9. The Hall–Kier alpha value is -1.93. The van der Waals surface area contributed by atoms with Crippen molar-refractivity contribution >= 4 is 17.2 Å². The van der Waals surface area contributed by atoms with Gasteiger partial charge in [0.15, 0.2) is 0 Å². The Bertz CT molecular complexity index is 730. The molecule has 0 fully saturated rings. The second-order valence-electron chi connectivity index (χ2n) is 5.56. The normalized spacial score (nSPS) is 12.9. The molecule has 0 spiro atoms. The van der Waals surface area contributed by atoms with Crippen molar-refractivity contribution in [2.45, 2.75) is 32.5 Å². The number of rotatable bonds is 6. The molecule has 25 heavy (non-hydrogen) atoms. The predicted octanol–water partition coefficient (Wildman–Crippen LogP) is 3.89. The molecule has 1 unspecified atom stereocenters. The summed E-state index contributed by atoms with van der Waals surface area (Å²) in [6, 6.07) is 4.56. The summed E-state index contributed by atoms with van der Waals surface area (Å²) in [7, 11) is 0. The molecule has 0 bridgehead atoms. The molecule has 2 rings (SSSR count). The minimum atomic E-state index is -4.41. The number of alkyl halides is 3. The number of amides is 1. The molecular formula is C17H20F3N3OS.